The van der Waals surface area contributed by atoms with E-state index in [9.17, 15) is 19.5 Å². The normalized spacial score (nSPS) is 22.9. The zero-order valence-corrected chi connectivity index (χ0v) is 21.8. The van der Waals surface area contributed by atoms with Gasteiger partial charge in [-0.1, -0.05) is 17.9 Å². The monoisotopic (exact) mass is 515 g/mol. The second-order valence-electron chi connectivity index (χ2n) is 11.6. The van der Waals surface area contributed by atoms with Gasteiger partial charge >= 0.3 is 0 Å². The van der Waals surface area contributed by atoms with Crippen LogP contribution < -0.4 is 5.73 Å². The minimum atomic E-state index is -1.25. The maximum absolute atomic E-state index is 12.5. The Balaban J connectivity index is 1.33. The molecule has 2 saturated carbocycles. The molecule has 2 bridgehead atoms. The van der Waals surface area contributed by atoms with E-state index >= 15 is 0 Å². The van der Waals surface area contributed by atoms with Gasteiger partial charge in [-0.15, -0.1) is 0 Å². The maximum Gasteiger partial charge on any atom is 0.269 e. The molecule has 9 nitrogen and oxygen atoms in total. The van der Waals surface area contributed by atoms with Crippen LogP contribution in [0.15, 0.2) is 18.2 Å². The van der Waals surface area contributed by atoms with Gasteiger partial charge in [-0.05, 0) is 56.2 Å². The number of hydrogen-bond acceptors (Lipinski definition) is 5. The lowest BCUT2D eigenvalue weighted by atomic mass is 9.75. The molecular formula is C29H33N5O4. The molecule has 3 N–H and O–H groups in total. The molecule has 0 radical (unpaired) electrons. The summed E-state index contributed by atoms with van der Waals surface area (Å²) in [5, 5.41) is 10.7. The number of carbonyl (C=O) groups excluding carboxylic acids is 3. The number of amides is 3. The van der Waals surface area contributed by atoms with Gasteiger partial charge in [0.15, 0.2) is 0 Å². The van der Waals surface area contributed by atoms with E-state index < -0.39 is 11.5 Å². The Morgan fingerprint density at radius 2 is 2.00 bits per heavy atom. The minimum absolute atomic E-state index is 0.0459. The number of carbonyl (C=O) groups is 3. The fourth-order valence-corrected chi connectivity index (χ4v) is 5.95. The summed E-state index contributed by atoms with van der Waals surface area (Å²) in [5.74, 6) is 7.11. The van der Waals surface area contributed by atoms with Gasteiger partial charge in [-0.2, -0.15) is 0 Å². The molecule has 38 heavy (non-hydrogen) atoms. The molecular weight excluding hydrogens is 482 g/mol. The van der Waals surface area contributed by atoms with Gasteiger partial charge in [0.2, 0.25) is 12.3 Å². The number of aliphatic hydroxyl groups is 1. The van der Waals surface area contributed by atoms with Crippen LogP contribution in [0.2, 0.25) is 0 Å². The van der Waals surface area contributed by atoms with Crippen molar-refractivity contribution in [3.05, 3.63) is 40.7 Å². The van der Waals surface area contributed by atoms with Gasteiger partial charge in [0.1, 0.15) is 17.1 Å². The molecule has 1 saturated heterocycles. The van der Waals surface area contributed by atoms with E-state index in [1.54, 1.807) is 14.0 Å². The van der Waals surface area contributed by atoms with E-state index in [2.05, 4.69) is 22.5 Å². The third-order valence-electron chi connectivity index (χ3n) is 8.51. The van der Waals surface area contributed by atoms with Crippen molar-refractivity contribution in [2.45, 2.75) is 62.5 Å². The maximum atomic E-state index is 12.5. The number of nitrogens with two attached hydrogens (primary N) is 1. The molecule has 7 rings (SSSR count). The Morgan fingerprint density at radius 1 is 1.26 bits per heavy atom. The van der Waals surface area contributed by atoms with E-state index in [-0.39, 0.29) is 23.8 Å². The van der Waals surface area contributed by atoms with Gasteiger partial charge in [-0.3, -0.25) is 14.4 Å². The summed E-state index contributed by atoms with van der Waals surface area (Å²) < 4.78 is 2.22. The molecule has 4 heterocycles. The summed E-state index contributed by atoms with van der Waals surface area (Å²) in [7, 11) is 1.66. The highest BCUT2D eigenvalue weighted by atomic mass is 16.3. The predicted molar refractivity (Wildman–Crippen MR) is 140 cm³/mol. The predicted octanol–water partition coefficient (Wildman–Crippen LogP) is 2.00. The number of likely N-dealkylation sites (tertiary alicyclic amines) is 1. The van der Waals surface area contributed by atoms with Gasteiger partial charge in [-0.25, -0.2) is 4.98 Å². The summed E-state index contributed by atoms with van der Waals surface area (Å²) in [6, 6.07) is 6.29. The standard InChI is InChI=1S/C29H33N5O4/c1-29(38,9-10-32(2)16-35)8-7-17-3-6-22-19-12-21(13-19)34-25(20-14-33(15-20)28(37)18-4-5-18)24(26(30)36)31-27(34)23(22)11-17/h3,6,11,16,18-21,38H,4-5,9-10,12-15H2,1-2H3,(H2,30,36). The lowest BCUT2D eigenvalue weighted by Crippen LogP contribution is -2.50. The fraction of sp³-hybridized carbons (Fsp3) is 0.517. The Labute approximate surface area is 222 Å². The Morgan fingerprint density at radius 3 is 2.66 bits per heavy atom. The molecule has 1 atom stereocenters. The van der Waals surface area contributed by atoms with Crippen molar-refractivity contribution in [2.75, 3.05) is 26.7 Å². The first-order chi connectivity index (χ1) is 18.1. The van der Waals surface area contributed by atoms with Crippen molar-refractivity contribution in [1.82, 2.24) is 19.4 Å². The van der Waals surface area contributed by atoms with Crippen LogP contribution in [0.5, 0.6) is 0 Å². The van der Waals surface area contributed by atoms with Gasteiger partial charge < -0.3 is 25.2 Å². The molecule has 3 aliphatic heterocycles. The lowest BCUT2D eigenvalue weighted by molar-refractivity contribution is -0.137. The van der Waals surface area contributed by atoms with E-state index in [0.29, 0.717) is 37.7 Å². The molecule has 3 amide bonds. The largest absolute Gasteiger partial charge is 0.378 e. The van der Waals surface area contributed by atoms with Crippen LogP contribution in [0.4, 0.5) is 0 Å². The van der Waals surface area contributed by atoms with Crippen LogP contribution in [0.1, 0.15) is 84.2 Å². The van der Waals surface area contributed by atoms with Crippen molar-refractivity contribution in [3.8, 4) is 23.2 Å². The lowest BCUT2D eigenvalue weighted by Gasteiger charge is -2.42. The zero-order chi connectivity index (χ0) is 26.8. The molecule has 0 spiro atoms. The molecule has 1 aromatic carbocycles. The van der Waals surface area contributed by atoms with Gasteiger partial charge in [0.25, 0.3) is 5.91 Å². The van der Waals surface area contributed by atoms with Crippen LogP contribution >= 0.6 is 0 Å². The smallest absolute Gasteiger partial charge is 0.269 e. The second kappa shape index (κ2) is 8.98. The number of rotatable bonds is 7. The van der Waals surface area contributed by atoms with Crippen LogP contribution in [0, 0.1) is 17.8 Å². The number of aromatic nitrogens is 2. The van der Waals surface area contributed by atoms with E-state index in [0.717, 1.165) is 54.7 Å². The Kier molecular flexibility index (Phi) is 5.84. The third kappa shape index (κ3) is 4.27. The average molecular weight is 516 g/mol. The molecule has 9 heteroatoms. The van der Waals surface area contributed by atoms with Crippen LogP contribution in [0.3, 0.4) is 0 Å². The van der Waals surface area contributed by atoms with Crippen LogP contribution in [0.25, 0.3) is 11.4 Å². The first kappa shape index (κ1) is 24.7. The van der Waals surface area contributed by atoms with E-state index in [4.69, 9.17) is 10.7 Å². The highest BCUT2D eigenvalue weighted by Gasteiger charge is 2.46. The Bertz CT molecular complexity index is 1380. The molecule has 2 aliphatic carbocycles. The molecule has 1 aromatic heterocycles. The molecule has 1 unspecified atom stereocenters. The number of imidazole rings is 1. The van der Waals surface area contributed by atoms with Crippen molar-refractivity contribution in [3.63, 3.8) is 0 Å². The molecule has 5 aliphatic rings. The summed E-state index contributed by atoms with van der Waals surface area (Å²) in [6.07, 6.45) is 4.97. The third-order valence-corrected chi connectivity index (χ3v) is 8.51. The van der Waals surface area contributed by atoms with Crippen molar-refractivity contribution < 1.29 is 19.5 Å². The van der Waals surface area contributed by atoms with E-state index in [1.165, 1.54) is 10.5 Å². The molecule has 198 valence electrons. The van der Waals surface area contributed by atoms with Gasteiger partial charge in [0.05, 0.1) is 5.69 Å². The van der Waals surface area contributed by atoms with Crippen molar-refractivity contribution in [1.29, 1.82) is 0 Å². The Hall–Kier alpha value is -3.64. The topological polar surface area (TPSA) is 122 Å². The number of hydrogen-bond donors (Lipinski definition) is 2. The van der Waals surface area contributed by atoms with Gasteiger partial charge in [0, 0.05) is 62.1 Å². The van der Waals surface area contributed by atoms with E-state index in [1.807, 2.05) is 17.0 Å². The quantitative estimate of drug-likeness (QED) is 0.432. The fourth-order valence-electron chi connectivity index (χ4n) is 5.95. The molecule has 3 fully saturated rings. The van der Waals surface area contributed by atoms with Crippen LogP contribution in [-0.4, -0.2) is 75.0 Å². The summed E-state index contributed by atoms with van der Waals surface area (Å²) in [6.45, 7) is 3.25. The minimum Gasteiger partial charge on any atom is -0.378 e. The first-order valence-corrected chi connectivity index (χ1v) is 13.4. The number of nitrogens with zero attached hydrogens (tertiary/aromatic N) is 4. The summed E-state index contributed by atoms with van der Waals surface area (Å²) in [5.41, 5.74) is 8.63. The highest BCUT2D eigenvalue weighted by Crippen LogP contribution is 2.54. The average Bonchev–Trinajstić information content (AvgIpc) is 3.64. The van der Waals surface area contributed by atoms with Crippen LogP contribution in [-0.2, 0) is 9.59 Å². The number of primary amides is 1. The SMILES string of the molecule is CN(C=O)CCC(C)(O)C#Cc1ccc2c(c1)-c1nc(C(N)=O)c(C3CN(C(=O)C4CC4)C3)n1C1CC2C1. The van der Waals surface area contributed by atoms with Crippen molar-refractivity contribution in [2.24, 2.45) is 11.7 Å². The molecule has 2 aromatic rings. The zero-order valence-electron chi connectivity index (χ0n) is 21.8. The second-order valence-corrected chi connectivity index (χ2v) is 11.6. The summed E-state index contributed by atoms with van der Waals surface area (Å²) >= 11 is 0. The number of benzene rings is 1. The summed E-state index contributed by atoms with van der Waals surface area (Å²) in [4.78, 5) is 44.1. The first-order valence-electron chi connectivity index (χ1n) is 13.4. The highest BCUT2D eigenvalue weighted by molar-refractivity contribution is 5.93. The van der Waals surface area contributed by atoms with Crippen molar-refractivity contribution >= 4 is 18.2 Å².